The topological polar surface area (TPSA) is 40.5 Å². The Labute approximate surface area is 157 Å². The number of phenolic OH excluding ortho intramolecular Hbond substituents is 2. The first-order chi connectivity index (χ1) is 12.7. The summed E-state index contributed by atoms with van der Waals surface area (Å²) >= 11 is 0. The molecule has 0 heterocycles. The Bertz CT molecular complexity index is 713. The van der Waals surface area contributed by atoms with Crippen molar-refractivity contribution in [2.75, 3.05) is 0 Å². The van der Waals surface area contributed by atoms with Crippen molar-refractivity contribution in [2.45, 2.75) is 57.8 Å². The predicted molar refractivity (Wildman–Crippen MR) is 108 cm³/mol. The zero-order chi connectivity index (χ0) is 18.4. The molecule has 2 N–H and O–H groups in total. The fourth-order valence-corrected chi connectivity index (χ4v) is 4.17. The SMILES string of the molecule is CCCCCC(c1ccc(O)cc1)C1CC=C(c2ccc(O)cc2)CC1. The molecule has 3 rings (SSSR count). The van der Waals surface area contributed by atoms with Crippen LogP contribution in [0.2, 0.25) is 0 Å². The molecule has 0 aliphatic heterocycles. The van der Waals surface area contributed by atoms with E-state index in [0.29, 0.717) is 23.3 Å². The molecule has 26 heavy (non-hydrogen) atoms. The minimum atomic E-state index is 0.325. The predicted octanol–water partition coefficient (Wildman–Crippen LogP) is 6.65. The largest absolute Gasteiger partial charge is 0.508 e. The molecule has 1 aliphatic rings. The van der Waals surface area contributed by atoms with Crippen LogP contribution in [0.3, 0.4) is 0 Å². The van der Waals surface area contributed by atoms with Crippen LogP contribution in [-0.4, -0.2) is 10.2 Å². The Kier molecular flexibility index (Phi) is 6.38. The van der Waals surface area contributed by atoms with Crippen molar-refractivity contribution in [3.8, 4) is 11.5 Å². The lowest BCUT2D eigenvalue weighted by atomic mass is 9.74. The molecule has 2 heteroatoms. The molecule has 2 aromatic carbocycles. The molecular weight excluding hydrogens is 320 g/mol. The molecule has 138 valence electrons. The van der Waals surface area contributed by atoms with E-state index < -0.39 is 0 Å². The summed E-state index contributed by atoms with van der Waals surface area (Å²) in [5, 5.41) is 19.1. The van der Waals surface area contributed by atoms with Gasteiger partial charge in [0, 0.05) is 0 Å². The summed E-state index contributed by atoms with van der Waals surface area (Å²) in [7, 11) is 0. The number of aromatic hydroxyl groups is 2. The van der Waals surface area contributed by atoms with Gasteiger partial charge in [0.15, 0.2) is 0 Å². The van der Waals surface area contributed by atoms with E-state index in [4.69, 9.17) is 0 Å². The highest BCUT2D eigenvalue weighted by Gasteiger charge is 2.25. The van der Waals surface area contributed by atoms with Gasteiger partial charge >= 0.3 is 0 Å². The standard InChI is InChI=1S/C24H30O2/c1-2-3-4-5-24(21-12-16-23(26)17-13-21)20-8-6-18(7-9-20)19-10-14-22(25)15-11-19/h6,10-17,20,24-26H,2-5,7-9H2,1H3. The lowest BCUT2D eigenvalue weighted by Gasteiger charge is -2.31. The van der Waals surface area contributed by atoms with Crippen LogP contribution >= 0.6 is 0 Å². The van der Waals surface area contributed by atoms with Gasteiger partial charge in [0.05, 0.1) is 0 Å². The monoisotopic (exact) mass is 350 g/mol. The maximum Gasteiger partial charge on any atom is 0.115 e. The van der Waals surface area contributed by atoms with Gasteiger partial charge in [-0.05, 0) is 78.5 Å². The maximum absolute atomic E-state index is 9.62. The van der Waals surface area contributed by atoms with Crippen LogP contribution in [0.25, 0.3) is 5.57 Å². The third-order valence-corrected chi connectivity index (χ3v) is 5.70. The summed E-state index contributed by atoms with van der Waals surface area (Å²) in [6, 6.07) is 15.4. The van der Waals surface area contributed by atoms with Gasteiger partial charge in [0.2, 0.25) is 0 Å². The van der Waals surface area contributed by atoms with Gasteiger partial charge in [-0.2, -0.15) is 0 Å². The van der Waals surface area contributed by atoms with E-state index in [1.54, 1.807) is 12.1 Å². The number of hydrogen-bond donors (Lipinski definition) is 2. The Balaban J connectivity index is 1.73. The quantitative estimate of drug-likeness (QED) is 0.549. The summed E-state index contributed by atoms with van der Waals surface area (Å²) in [4.78, 5) is 0. The van der Waals surface area contributed by atoms with Crippen molar-refractivity contribution >= 4 is 5.57 Å². The molecule has 0 saturated heterocycles. The van der Waals surface area contributed by atoms with Crippen molar-refractivity contribution in [3.63, 3.8) is 0 Å². The molecule has 2 aromatic rings. The first kappa shape index (κ1) is 18.6. The summed E-state index contributed by atoms with van der Waals surface area (Å²) in [5.41, 5.74) is 4.00. The van der Waals surface area contributed by atoms with Crippen molar-refractivity contribution in [1.82, 2.24) is 0 Å². The highest BCUT2D eigenvalue weighted by molar-refractivity contribution is 5.66. The average molecular weight is 351 g/mol. The van der Waals surface area contributed by atoms with Crippen molar-refractivity contribution in [1.29, 1.82) is 0 Å². The second-order valence-corrected chi connectivity index (χ2v) is 7.50. The van der Waals surface area contributed by atoms with E-state index in [9.17, 15) is 10.2 Å². The van der Waals surface area contributed by atoms with Gasteiger partial charge in [0.25, 0.3) is 0 Å². The molecule has 0 amide bonds. The molecule has 0 aromatic heterocycles. The third kappa shape index (κ3) is 4.69. The van der Waals surface area contributed by atoms with Crippen LogP contribution in [0.1, 0.15) is 68.9 Å². The summed E-state index contributed by atoms with van der Waals surface area (Å²) < 4.78 is 0. The smallest absolute Gasteiger partial charge is 0.115 e. The minimum Gasteiger partial charge on any atom is -0.508 e. The lowest BCUT2D eigenvalue weighted by molar-refractivity contribution is 0.365. The molecule has 0 saturated carbocycles. The Morgan fingerprint density at radius 1 is 0.923 bits per heavy atom. The second-order valence-electron chi connectivity index (χ2n) is 7.50. The van der Waals surface area contributed by atoms with Gasteiger partial charge in [-0.3, -0.25) is 0 Å². The molecule has 2 unspecified atom stereocenters. The first-order valence-electron chi connectivity index (χ1n) is 9.94. The number of benzene rings is 2. The zero-order valence-electron chi connectivity index (χ0n) is 15.7. The molecule has 0 fully saturated rings. The van der Waals surface area contributed by atoms with Gasteiger partial charge in [-0.25, -0.2) is 0 Å². The second kappa shape index (κ2) is 8.93. The Morgan fingerprint density at radius 3 is 2.15 bits per heavy atom. The zero-order valence-corrected chi connectivity index (χ0v) is 15.7. The van der Waals surface area contributed by atoms with Crippen LogP contribution in [0.15, 0.2) is 54.6 Å². The molecule has 2 nitrogen and oxygen atoms in total. The number of allylic oxidation sites excluding steroid dienone is 2. The van der Waals surface area contributed by atoms with Gasteiger partial charge in [-0.1, -0.05) is 56.5 Å². The molecule has 1 aliphatic carbocycles. The van der Waals surface area contributed by atoms with Crippen molar-refractivity contribution in [3.05, 3.63) is 65.7 Å². The van der Waals surface area contributed by atoms with E-state index in [0.717, 1.165) is 12.8 Å². The van der Waals surface area contributed by atoms with Gasteiger partial charge in [0.1, 0.15) is 11.5 Å². The number of unbranched alkanes of at least 4 members (excludes halogenated alkanes) is 2. The van der Waals surface area contributed by atoms with E-state index >= 15 is 0 Å². The lowest BCUT2D eigenvalue weighted by Crippen LogP contribution is -2.16. The van der Waals surface area contributed by atoms with Gasteiger partial charge < -0.3 is 10.2 Å². The van der Waals surface area contributed by atoms with E-state index in [1.165, 1.54) is 48.8 Å². The average Bonchev–Trinajstić information content (AvgIpc) is 2.67. The van der Waals surface area contributed by atoms with Crippen LogP contribution in [0.5, 0.6) is 11.5 Å². The van der Waals surface area contributed by atoms with Crippen LogP contribution < -0.4 is 0 Å². The highest BCUT2D eigenvalue weighted by Crippen LogP contribution is 2.41. The summed E-state index contributed by atoms with van der Waals surface area (Å²) in [6.07, 6.45) is 10.8. The highest BCUT2D eigenvalue weighted by atomic mass is 16.3. The summed E-state index contributed by atoms with van der Waals surface area (Å²) in [5.74, 6) is 1.91. The molecule has 2 atom stereocenters. The third-order valence-electron chi connectivity index (χ3n) is 5.70. The van der Waals surface area contributed by atoms with E-state index in [-0.39, 0.29) is 0 Å². The Hall–Kier alpha value is -2.22. The molecule has 0 radical (unpaired) electrons. The first-order valence-corrected chi connectivity index (χ1v) is 9.94. The van der Waals surface area contributed by atoms with Crippen molar-refractivity contribution < 1.29 is 10.2 Å². The summed E-state index contributed by atoms with van der Waals surface area (Å²) in [6.45, 7) is 2.25. The van der Waals surface area contributed by atoms with Gasteiger partial charge in [-0.15, -0.1) is 0 Å². The molecular formula is C24H30O2. The number of rotatable bonds is 7. The number of phenols is 2. The fourth-order valence-electron chi connectivity index (χ4n) is 4.17. The van der Waals surface area contributed by atoms with Crippen LogP contribution in [0.4, 0.5) is 0 Å². The molecule has 0 bridgehead atoms. The van der Waals surface area contributed by atoms with E-state index in [2.05, 4.69) is 25.1 Å². The molecule has 0 spiro atoms. The number of hydrogen-bond acceptors (Lipinski definition) is 2. The normalized spacial score (nSPS) is 18.3. The van der Waals surface area contributed by atoms with Crippen LogP contribution in [0, 0.1) is 5.92 Å². The van der Waals surface area contributed by atoms with Crippen molar-refractivity contribution in [2.24, 2.45) is 5.92 Å². The Morgan fingerprint density at radius 2 is 1.58 bits per heavy atom. The maximum atomic E-state index is 9.62. The minimum absolute atomic E-state index is 0.325. The van der Waals surface area contributed by atoms with E-state index in [1.807, 2.05) is 24.3 Å². The van der Waals surface area contributed by atoms with Crippen LogP contribution in [-0.2, 0) is 0 Å². The fraction of sp³-hybridized carbons (Fsp3) is 0.417.